The van der Waals surface area contributed by atoms with Crippen LogP contribution in [0.1, 0.15) is 23.2 Å². The first-order chi connectivity index (χ1) is 18.4. The number of methoxy groups -OCH3 is 2. The number of halogens is 1. The predicted octanol–water partition coefficient (Wildman–Crippen LogP) is 5.45. The molecule has 38 heavy (non-hydrogen) atoms. The van der Waals surface area contributed by atoms with Gasteiger partial charge in [-0.3, -0.25) is 19.5 Å². The van der Waals surface area contributed by atoms with Crippen LogP contribution in [-0.2, 0) is 4.79 Å². The average molecular weight is 531 g/mol. The Kier molecular flexibility index (Phi) is 7.33. The summed E-state index contributed by atoms with van der Waals surface area (Å²) in [6, 6.07) is 21.7. The van der Waals surface area contributed by atoms with Crippen molar-refractivity contribution in [2.45, 2.75) is 18.9 Å². The van der Waals surface area contributed by atoms with Crippen molar-refractivity contribution in [2.24, 2.45) is 0 Å². The van der Waals surface area contributed by atoms with E-state index in [0.29, 0.717) is 22.2 Å². The van der Waals surface area contributed by atoms with E-state index in [1.807, 2.05) is 54.7 Å². The van der Waals surface area contributed by atoms with Gasteiger partial charge in [0.2, 0.25) is 11.9 Å². The molecule has 9 heteroatoms. The number of nitrogens with one attached hydrogen (secondary N) is 1. The van der Waals surface area contributed by atoms with E-state index >= 15 is 0 Å². The number of anilines is 1. The van der Waals surface area contributed by atoms with E-state index in [1.165, 1.54) is 0 Å². The number of aromatic nitrogens is 2. The zero-order valence-corrected chi connectivity index (χ0v) is 21.8. The molecular formula is C29H27ClN4O4. The van der Waals surface area contributed by atoms with Gasteiger partial charge in [0.25, 0.3) is 5.91 Å². The molecule has 0 radical (unpaired) electrons. The Bertz CT molecular complexity index is 1430. The molecule has 1 fully saturated rings. The molecule has 5 rings (SSSR count). The molecule has 1 aliphatic rings. The second kappa shape index (κ2) is 11.0. The number of amides is 2. The summed E-state index contributed by atoms with van der Waals surface area (Å²) in [5, 5.41) is 3.47. The number of imidazole rings is 1. The number of hydrogen-bond donors (Lipinski definition) is 1. The van der Waals surface area contributed by atoms with Gasteiger partial charge in [-0.1, -0.05) is 11.6 Å². The lowest BCUT2D eigenvalue weighted by molar-refractivity contribution is -0.117. The topological polar surface area (TPSA) is 85.7 Å². The maximum atomic E-state index is 13.2. The van der Waals surface area contributed by atoms with Crippen LogP contribution < -0.4 is 14.8 Å². The molecule has 1 aromatic heterocycles. The first kappa shape index (κ1) is 25.4. The van der Waals surface area contributed by atoms with Crippen LogP contribution in [0.15, 0.2) is 79.0 Å². The number of carbonyl (C=O) groups is 2. The van der Waals surface area contributed by atoms with Crippen molar-refractivity contribution in [1.82, 2.24) is 14.5 Å². The molecule has 0 bridgehead atoms. The van der Waals surface area contributed by atoms with Gasteiger partial charge in [0.05, 0.1) is 19.9 Å². The molecule has 0 unspecified atom stereocenters. The van der Waals surface area contributed by atoms with E-state index in [2.05, 4.69) is 5.32 Å². The van der Waals surface area contributed by atoms with Crippen molar-refractivity contribution in [3.05, 3.63) is 89.6 Å². The Hall–Kier alpha value is -4.30. The van der Waals surface area contributed by atoms with Crippen LogP contribution in [0.2, 0.25) is 5.02 Å². The second-order valence-electron chi connectivity index (χ2n) is 8.97. The molecule has 1 saturated carbocycles. The summed E-state index contributed by atoms with van der Waals surface area (Å²) in [6.07, 6.45) is 3.60. The predicted molar refractivity (Wildman–Crippen MR) is 146 cm³/mol. The van der Waals surface area contributed by atoms with Crippen molar-refractivity contribution in [3.8, 4) is 28.4 Å². The molecule has 0 atom stereocenters. The smallest absolute Gasteiger partial charge is 0.254 e. The zero-order chi connectivity index (χ0) is 26.6. The first-order valence-electron chi connectivity index (χ1n) is 12.2. The van der Waals surface area contributed by atoms with Gasteiger partial charge >= 0.3 is 0 Å². The van der Waals surface area contributed by atoms with Crippen LogP contribution >= 0.6 is 11.6 Å². The Balaban J connectivity index is 1.41. The highest BCUT2D eigenvalue weighted by Crippen LogP contribution is 2.30. The molecule has 2 amide bonds. The summed E-state index contributed by atoms with van der Waals surface area (Å²) in [4.78, 5) is 32.7. The number of ether oxygens (including phenoxy) is 2. The van der Waals surface area contributed by atoms with Crippen molar-refractivity contribution in [1.29, 1.82) is 0 Å². The summed E-state index contributed by atoms with van der Waals surface area (Å²) >= 11 is 5.98. The normalized spacial score (nSPS) is 12.6. The number of hydrogen-bond acceptors (Lipinski definition) is 5. The highest BCUT2D eigenvalue weighted by Gasteiger charge is 2.34. The van der Waals surface area contributed by atoms with E-state index in [9.17, 15) is 9.59 Å². The van der Waals surface area contributed by atoms with Crippen LogP contribution in [0.25, 0.3) is 16.9 Å². The molecular weight excluding hydrogens is 504 g/mol. The number of benzene rings is 3. The summed E-state index contributed by atoms with van der Waals surface area (Å²) < 4.78 is 12.4. The van der Waals surface area contributed by atoms with Gasteiger partial charge < -0.3 is 14.4 Å². The van der Waals surface area contributed by atoms with E-state index in [4.69, 9.17) is 26.1 Å². The molecule has 1 aliphatic carbocycles. The molecule has 1 N–H and O–H groups in total. The summed E-state index contributed by atoms with van der Waals surface area (Å²) in [5.41, 5.74) is 2.83. The summed E-state index contributed by atoms with van der Waals surface area (Å²) in [6.45, 7) is -0.0839. The number of carbonyl (C=O) groups excluding carboxylic acids is 2. The van der Waals surface area contributed by atoms with Gasteiger partial charge in [-0.25, -0.2) is 4.98 Å². The van der Waals surface area contributed by atoms with Crippen molar-refractivity contribution in [2.75, 3.05) is 26.1 Å². The Morgan fingerprint density at radius 2 is 1.55 bits per heavy atom. The lowest BCUT2D eigenvalue weighted by Gasteiger charge is -2.22. The zero-order valence-electron chi connectivity index (χ0n) is 21.1. The standard InChI is InChI=1S/C29H27ClN4O4/c1-37-24-13-5-19(6-14-24)26-17-34(23-11-15-25(38-2)16-12-23)29(31-26)32-27(35)18-33(22-9-10-22)28(36)20-3-7-21(30)8-4-20/h3-8,11-17,22H,9-10,18H2,1-2H3,(H,31,32,35). The van der Waals surface area contributed by atoms with Crippen LogP contribution in [0.4, 0.5) is 5.95 Å². The van der Waals surface area contributed by atoms with Gasteiger partial charge in [-0.05, 0) is 85.6 Å². The van der Waals surface area contributed by atoms with Gasteiger partial charge in [0, 0.05) is 34.1 Å². The average Bonchev–Trinajstić information content (AvgIpc) is 3.71. The fourth-order valence-electron chi connectivity index (χ4n) is 4.14. The molecule has 4 aromatic rings. The quantitative estimate of drug-likeness (QED) is 0.311. The van der Waals surface area contributed by atoms with Gasteiger partial charge in [0.1, 0.15) is 18.0 Å². The van der Waals surface area contributed by atoms with E-state index < -0.39 is 0 Å². The maximum absolute atomic E-state index is 13.2. The van der Waals surface area contributed by atoms with Gasteiger partial charge in [-0.2, -0.15) is 0 Å². The van der Waals surface area contributed by atoms with E-state index in [-0.39, 0.29) is 24.4 Å². The van der Waals surface area contributed by atoms with Gasteiger partial charge in [0.15, 0.2) is 0 Å². The Labute approximate surface area is 225 Å². The van der Waals surface area contributed by atoms with Crippen molar-refractivity contribution < 1.29 is 19.1 Å². The molecule has 0 spiro atoms. The van der Waals surface area contributed by atoms with E-state index in [0.717, 1.165) is 35.6 Å². The largest absolute Gasteiger partial charge is 0.497 e. The highest BCUT2D eigenvalue weighted by atomic mass is 35.5. The number of nitrogens with zero attached hydrogens (tertiary/aromatic N) is 3. The van der Waals surface area contributed by atoms with Crippen LogP contribution in [0, 0.1) is 0 Å². The first-order valence-corrected chi connectivity index (χ1v) is 12.6. The minimum Gasteiger partial charge on any atom is -0.497 e. The Morgan fingerprint density at radius 3 is 2.13 bits per heavy atom. The van der Waals surface area contributed by atoms with Crippen molar-refractivity contribution >= 4 is 29.4 Å². The van der Waals surface area contributed by atoms with Crippen LogP contribution in [0.5, 0.6) is 11.5 Å². The van der Waals surface area contributed by atoms with Crippen LogP contribution in [-0.4, -0.2) is 53.1 Å². The van der Waals surface area contributed by atoms with Crippen molar-refractivity contribution in [3.63, 3.8) is 0 Å². The van der Waals surface area contributed by atoms with Gasteiger partial charge in [-0.15, -0.1) is 0 Å². The maximum Gasteiger partial charge on any atom is 0.254 e. The summed E-state index contributed by atoms with van der Waals surface area (Å²) in [7, 11) is 3.22. The fourth-order valence-corrected chi connectivity index (χ4v) is 4.27. The molecule has 194 valence electrons. The third-order valence-corrected chi connectivity index (χ3v) is 6.60. The SMILES string of the molecule is COc1ccc(-c2cn(-c3ccc(OC)cc3)c(NC(=O)CN(C(=O)c3ccc(Cl)cc3)C3CC3)n2)cc1. The minimum absolute atomic E-state index is 0.0418. The fraction of sp³-hybridized carbons (Fsp3) is 0.207. The lowest BCUT2D eigenvalue weighted by atomic mass is 10.1. The summed E-state index contributed by atoms with van der Waals surface area (Å²) in [5.74, 6) is 1.27. The second-order valence-corrected chi connectivity index (χ2v) is 9.40. The monoisotopic (exact) mass is 530 g/mol. The van der Waals surface area contributed by atoms with E-state index in [1.54, 1.807) is 48.0 Å². The molecule has 0 aliphatic heterocycles. The minimum atomic E-state index is -0.333. The molecule has 3 aromatic carbocycles. The molecule has 1 heterocycles. The Morgan fingerprint density at radius 1 is 0.947 bits per heavy atom. The lowest BCUT2D eigenvalue weighted by Crippen LogP contribution is -2.39. The van der Waals surface area contributed by atoms with Crippen LogP contribution in [0.3, 0.4) is 0 Å². The third-order valence-electron chi connectivity index (χ3n) is 6.35. The number of rotatable bonds is 9. The molecule has 0 saturated heterocycles. The third kappa shape index (κ3) is 5.65. The highest BCUT2D eigenvalue weighted by molar-refractivity contribution is 6.30. The molecule has 8 nitrogen and oxygen atoms in total.